The molecule has 20 heavy (non-hydrogen) atoms. The summed E-state index contributed by atoms with van der Waals surface area (Å²) in [7, 11) is 2.12. The van der Waals surface area contributed by atoms with Gasteiger partial charge in [0.05, 0.1) is 18.1 Å². The Kier molecular flexibility index (Phi) is 4.16. The van der Waals surface area contributed by atoms with Crippen LogP contribution in [0.4, 0.5) is 0 Å². The normalized spacial score (nSPS) is 30.5. The van der Waals surface area contributed by atoms with Crippen molar-refractivity contribution in [2.45, 2.75) is 70.9 Å². The van der Waals surface area contributed by atoms with Crippen molar-refractivity contribution < 1.29 is 0 Å². The number of imidazole rings is 1. The number of fused-ring (bicyclic) bond motifs is 1. The summed E-state index contributed by atoms with van der Waals surface area (Å²) in [5.41, 5.74) is 2.91. The number of aromatic nitrogens is 2. The zero-order valence-corrected chi connectivity index (χ0v) is 13.2. The predicted octanol–water partition coefficient (Wildman–Crippen LogP) is 3.35. The number of aryl methyl sites for hydroxylation is 1. The lowest BCUT2D eigenvalue weighted by atomic mass is 9.76. The van der Waals surface area contributed by atoms with Crippen LogP contribution in [0.5, 0.6) is 0 Å². The van der Waals surface area contributed by atoms with Crippen LogP contribution in [0.3, 0.4) is 0 Å². The summed E-state index contributed by atoms with van der Waals surface area (Å²) in [5, 5.41) is 3.56. The molecule has 0 aromatic carbocycles. The lowest BCUT2D eigenvalue weighted by Gasteiger charge is -2.39. The Labute approximate surface area is 123 Å². The molecule has 0 aliphatic heterocycles. The fourth-order valence-electron chi connectivity index (χ4n) is 4.21. The Bertz CT molecular complexity index is 449. The van der Waals surface area contributed by atoms with E-state index in [1.165, 1.54) is 56.3 Å². The second kappa shape index (κ2) is 5.88. The molecule has 1 aromatic rings. The van der Waals surface area contributed by atoms with Crippen molar-refractivity contribution in [2.24, 2.45) is 11.8 Å². The van der Waals surface area contributed by atoms with Gasteiger partial charge in [0, 0.05) is 11.7 Å². The molecule has 1 heterocycles. The topological polar surface area (TPSA) is 29.9 Å². The summed E-state index contributed by atoms with van der Waals surface area (Å²) in [4.78, 5) is 4.71. The van der Waals surface area contributed by atoms with E-state index in [0.717, 1.165) is 11.8 Å². The monoisotopic (exact) mass is 275 g/mol. The van der Waals surface area contributed by atoms with Crippen LogP contribution in [0.2, 0.25) is 0 Å². The van der Waals surface area contributed by atoms with Gasteiger partial charge in [0.2, 0.25) is 0 Å². The van der Waals surface area contributed by atoms with Gasteiger partial charge in [-0.1, -0.05) is 13.8 Å². The van der Waals surface area contributed by atoms with E-state index < -0.39 is 0 Å². The fraction of sp³-hybridized carbons (Fsp3) is 0.824. The molecule has 2 aliphatic carbocycles. The summed E-state index contributed by atoms with van der Waals surface area (Å²) >= 11 is 0. The molecular weight excluding hydrogens is 246 g/mol. The molecule has 3 unspecified atom stereocenters. The van der Waals surface area contributed by atoms with Crippen molar-refractivity contribution in [3.63, 3.8) is 0 Å². The van der Waals surface area contributed by atoms with E-state index in [-0.39, 0.29) is 0 Å². The fourth-order valence-corrected chi connectivity index (χ4v) is 4.21. The first-order chi connectivity index (χ1) is 9.70. The molecule has 112 valence electrons. The molecule has 0 spiro atoms. The molecule has 0 saturated heterocycles. The van der Waals surface area contributed by atoms with Crippen molar-refractivity contribution in [3.05, 3.63) is 17.7 Å². The minimum atomic E-state index is 0.607. The van der Waals surface area contributed by atoms with Gasteiger partial charge in [0.1, 0.15) is 0 Å². The van der Waals surface area contributed by atoms with E-state index in [1.54, 1.807) is 0 Å². The zero-order chi connectivity index (χ0) is 14.1. The first kappa shape index (κ1) is 14.1. The third kappa shape index (κ3) is 2.52. The van der Waals surface area contributed by atoms with Crippen LogP contribution >= 0.6 is 0 Å². The molecule has 3 nitrogen and oxygen atoms in total. The predicted molar refractivity (Wildman–Crippen MR) is 82.9 cm³/mol. The molecule has 0 bridgehead atoms. The highest BCUT2D eigenvalue weighted by Gasteiger charge is 2.33. The highest BCUT2D eigenvalue weighted by Crippen LogP contribution is 2.38. The summed E-state index contributed by atoms with van der Waals surface area (Å²) in [6.45, 7) is 4.76. The number of nitrogens with one attached hydrogen (secondary N) is 1. The van der Waals surface area contributed by atoms with E-state index in [1.807, 2.05) is 0 Å². The Morgan fingerprint density at radius 2 is 2.05 bits per heavy atom. The smallest absolute Gasteiger partial charge is 0.0954 e. The standard InChI is InChI=1S/C17H29N3/c1-12(2)13-8-9-14(18-3)17(10-13)20-11-19-15-6-4-5-7-16(15)20/h11-14,17-18H,4-10H2,1-3H3. The van der Waals surface area contributed by atoms with Crippen LogP contribution < -0.4 is 5.32 Å². The van der Waals surface area contributed by atoms with Crippen LogP contribution in [0.25, 0.3) is 0 Å². The second-order valence-corrected chi connectivity index (χ2v) is 7.03. The lowest BCUT2D eigenvalue weighted by molar-refractivity contribution is 0.174. The maximum absolute atomic E-state index is 4.71. The van der Waals surface area contributed by atoms with Gasteiger partial charge in [0.15, 0.2) is 0 Å². The first-order valence-corrected chi connectivity index (χ1v) is 8.42. The molecule has 0 amide bonds. The van der Waals surface area contributed by atoms with E-state index in [2.05, 4.69) is 37.1 Å². The molecule has 2 aliphatic rings. The zero-order valence-electron chi connectivity index (χ0n) is 13.2. The SMILES string of the molecule is CNC1CCC(C(C)C)CC1n1cnc2c1CCCC2. The number of rotatable bonds is 3. The van der Waals surface area contributed by atoms with Crippen molar-refractivity contribution in [2.75, 3.05) is 7.05 Å². The third-order valence-corrected chi connectivity index (χ3v) is 5.59. The van der Waals surface area contributed by atoms with Crippen molar-refractivity contribution in [1.29, 1.82) is 0 Å². The summed E-state index contributed by atoms with van der Waals surface area (Å²) in [6.07, 6.45) is 11.2. The van der Waals surface area contributed by atoms with Gasteiger partial charge in [-0.05, 0) is 63.8 Å². The van der Waals surface area contributed by atoms with Crippen molar-refractivity contribution in [1.82, 2.24) is 14.9 Å². The summed E-state index contributed by atoms with van der Waals surface area (Å²) in [5.74, 6) is 1.67. The van der Waals surface area contributed by atoms with Crippen LogP contribution in [0.1, 0.15) is 63.4 Å². The van der Waals surface area contributed by atoms with Crippen LogP contribution in [-0.2, 0) is 12.8 Å². The molecular formula is C17H29N3. The van der Waals surface area contributed by atoms with Crippen molar-refractivity contribution >= 4 is 0 Å². The van der Waals surface area contributed by atoms with Gasteiger partial charge >= 0.3 is 0 Å². The van der Waals surface area contributed by atoms with Gasteiger partial charge in [-0.15, -0.1) is 0 Å². The average Bonchev–Trinajstić information content (AvgIpc) is 2.90. The maximum Gasteiger partial charge on any atom is 0.0954 e. The molecule has 3 heteroatoms. The summed E-state index contributed by atoms with van der Waals surface area (Å²) in [6, 6.07) is 1.22. The van der Waals surface area contributed by atoms with Gasteiger partial charge in [0.25, 0.3) is 0 Å². The molecule has 1 N–H and O–H groups in total. The second-order valence-electron chi connectivity index (χ2n) is 7.03. The first-order valence-electron chi connectivity index (χ1n) is 8.42. The largest absolute Gasteiger partial charge is 0.330 e. The summed E-state index contributed by atoms with van der Waals surface area (Å²) < 4.78 is 2.53. The van der Waals surface area contributed by atoms with Crippen LogP contribution in [0, 0.1) is 11.8 Å². The highest BCUT2D eigenvalue weighted by molar-refractivity contribution is 5.18. The molecule has 3 rings (SSSR count). The minimum absolute atomic E-state index is 0.607. The van der Waals surface area contributed by atoms with Gasteiger partial charge in [-0.3, -0.25) is 0 Å². The van der Waals surface area contributed by atoms with E-state index in [0.29, 0.717) is 12.1 Å². The lowest BCUT2D eigenvalue weighted by Crippen LogP contribution is -2.41. The molecule has 1 fully saturated rings. The number of likely N-dealkylation sites (N-methyl/N-ethyl adjacent to an activating group) is 1. The quantitative estimate of drug-likeness (QED) is 0.917. The molecule has 1 saturated carbocycles. The Hall–Kier alpha value is -0.830. The minimum Gasteiger partial charge on any atom is -0.330 e. The van der Waals surface area contributed by atoms with Gasteiger partial charge in [-0.2, -0.15) is 0 Å². The number of hydrogen-bond acceptors (Lipinski definition) is 2. The van der Waals surface area contributed by atoms with Gasteiger partial charge < -0.3 is 9.88 Å². The van der Waals surface area contributed by atoms with E-state index in [4.69, 9.17) is 4.98 Å². The molecule has 3 atom stereocenters. The Morgan fingerprint density at radius 3 is 2.80 bits per heavy atom. The van der Waals surface area contributed by atoms with Crippen LogP contribution in [-0.4, -0.2) is 22.6 Å². The number of nitrogens with zero attached hydrogens (tertiary/aromatic N) is 2. The van der Waals surface area contributed by atoms with Crippen molar-refractivity contribution in [3.8, 4) is 0 Å². The third-order valence-electron chi connectivity index (χ3n) is 5.59. The average molecular weight is 275 g/mol. The molecule has 1 aromatic heterocycles. The van der Waals surface area contributed by atoms with Crippen LogP contribution in [0.15, 0.2) is 6.33 Å². The van der Waals surface area contributed by atoms with E-state index >= 15 is 0 Å². The highest BCUT2D eigenvalue weighted by atomic mass is 15.1. The van der Waals surface area contributed by atoms with Gasteiger partial charge in [-0.25, -0.2) is 4.98 Å². The maximum atomic E-state index is 4.71. The molecule has 0 radical (unpaired) electrons. The Balaban J connectivity index is 1.87. The van der Waals surface area contributed by atoms with E-state index in [9.17, 15) is 0 Å². The Morgan fingerprint density at radius 1 is 1.25 bits per heavy atom. The number of hydrogen-bond donors (Lipinski definition) is 1.